The number of cyclic esters (lactones) is 2. The zero-order chi connectivity index (χ0) is 43.0. The van der Waals surface area contributed by atoms with E-state index in [-0.39, 0.29) is 44.2 Å². The normalized spacial score (nSPS) is 17.0. The van der Waals surface area contributed by atoms with Crippen molar-refractivity contribution in [1.29, 1.82) is 0 Å². The molecule has 3 N–H and O–H groups in total. The number of benzene rings is 4. The summed E-state index contributed by atoms with van der Waals surface area (Å²) in [5.74, 6) is -1.68. The van der Waals surface area contributed by atoms with Gasteiger partial charge >= 0.3 is 12.2 Å². The summed E-state index contributed by atoms with van der Waals surface area (Å²) in [7, 11) is 0. The minimum Gasteiger partial charge on any atom is -0.434 e. The van der Waals surface area contributed by atoms with Crippen molar-refractivity contribution in [3.05, 3.63) is 150 Å². The Hall–Kier alpha value is -7.23. The lowest BCUT2D eigenvalue weighted by Gasteiger charge is -2.31. The highest BCUT2D eigenvalue weighted by Crippen LogP contribution is 2.26. The molecule has 0 unspecified atom stereocenters. The molecule has 3 heterocycles. The Morgan fingerprint density at radius 2 is 1.30 bits per heavy atom. The maximum Gasteiger partial charge on any atom is 0.415 e. The average Bonchev–Trinajstić information content (AvgIpc) is 3.87. The fourth-order valence-corrected chi connectivity index (χ4v) is 7.10. The van der Waals surface area contributed by atoms with Crippen molar-refractivity contribution < 1.29 is 43.3 Å². The summed E-state index contributed by atoms with van der Waals surface area (Å²) in [5.41, 5.74) is 7.61. The molecule has 0 bridgehead atoms. The predicted molar refractivity (Wildman–Crippen MR) is 224 cm³/mol. The minimum atomic E-state index is -1.31. The first-order valence-electron chi connectivity index (χ1n) is 19.7. The number of carbonyl (C=O) groups is 6. The van der Waals surface area contributed by atoms with Gasteiger partial charge in [0.25, 0.3) is 11.8 Å². The molecule has 312 valence electrons. The van der Waals surface area contributed by atoms with Gasteiger partial charge in [0.05, 0.1) is 30.9 Å². The molecule has 0 saturated carbocycles. The van der Waals surface area contributed by atoms with E-state index in [1.807, 2.05) is 72.8 Å². The molecule has 61 heavy (non-hydrogen) atoms. The third kappa shape index (κ3) is 10.3. The number of ether oxygens (including phenoxy) is 2. The molecule has 0 radical (unpaired) electrons. The number of aliphatic hydroxyl groups is 1. The summed E-state index contributed by atoms with van der Waals surface area (Å²) in [6, 6.07) is 34.3. The molecule has 4 atom stereocenters. The number of hydrogen-bond donors (Lipinski definition) is 3. The van der Waals surface area contributed by atoms with E-state index in [1.165, 1.54) is 28.7 Å². The molecule has 2 saturated heterocycles. The molecule has 2 fully saturated rings. The highest BCUT2D eigenvalue weighted by molar-refractivity contribution is 6.00. The Morgan fingerprint density at radius 1 is 0.721 bits per heavy atom. The van der Waals surface area contributed by atoms with Crippen molar-refractivity contribution in [1.82, 2.24) is 20.7 Å². The summed E-state index contributed by atoms with van der Waals surface area (Å²) in [4.78, 5) is 84.6. The lowest BCUT2D eigenvalue weighted by Crippen LogP contribution is -2.55. The molecule has 2 aliphatic heterocycles. The van der Waals surface area contributed by atoms with Crippen LogP contribution in [0.5, 0.6) is 0 Å². The number of ketones is 2. The Balaban J connectivity index is 1.10. The van der Waals surface area contributed by atoms with E-state index in [0.29, 0.717) is 22.5 Å². The molecular formula is C46H44N6O9. The van der Waals surface area contributed by atoms with Crippen LogP contribution in [-0.4, -0.2) is 94.7 Å². The molecule has 7 rings (SSSR count). The van der Waals surface area contributed by atoms with E-state index in [4.69, 9.17) is 9.47 Å². The van der Waals surface area contributed by atoms with Crippen LogP contribution in [0.4, 0.5) is 21.0 Å². The molecule has 2 aliphatic rings. The lowest BCUT2D eigenvalue weighted by atomic mass is 10.00. The number of pyridine rings is 1. The van der Waals surface area contributed by atoms with Crippen molar-refractivity contribution >= 4 is 46.9 Å². The largest absolute Gasteiger partial charge is 0.434 e. The number of carbonyl (C=O) groups excluding carboxylic acids is 6. The van der Waals surface area contributed by atoms with Crippen LogP contribution in [0.25, 0.3) is 11.3 Å². The third-order valence-electron chi connectivity index (χ3n) is 10.4. The van der Waals surface area contributed by atoms with E-state index < -0.39 is 48.4 Å². The first kappa shape index (κ1) is 41.9. The number of aromatic nitrogens is 1. The second kappa shape index (κ2) is 18.8. The SMILES string of the molecule is CC(=O)c1cccc(N2C[C@@H](C(=O)N[C@@H](Cc3ccccc3)[C@@H](O)CN(Cc3ccc(-c4ccccn4)cc3)NC(=O)[C@@H]3CN(c4cccc(C(C)=O)c4)C(=O)O3)OC2=O)c1. The number of anilines is 2. The lowest BCUT2D eigenvalue weighted by molar-refractivity contribution is -0.134. The topological polar surface area (TPSA) is 188 Å². The molecule has 5 aromatic rings. The van der Waals surface area contributed by atoms with Gasteiger partial charge in [-0.05, 0) is 67.8 Å². The van der Waals surface area contributed by atoms with Crippen molar-refractivity contribution in [2.45, 2.75) is 51.2 Å². The van der Waals surface area contributed by atoms with Gasteiger partial charge in [0.1, 0.15) is 0 Å². The van der Waals surface area contributed by atoms with E-state index in [0.717, 1.165) is 22.4 Å². The van der Waals surface area contributed by atoms with Crippen LogP contribution >= 0.6 is 0 Å². The van der Waals surface area contributed by atoms with Gasteiger partial charge in [-0.1, -0.05) is 84.9 Å². The number of hydrogen-bond acceptors (Lipinski definition) is 11. The Bertz CT molecular complexity index is 2410. The molecular weight excluding hydrogens is 781 g/mol. The number of aliphatic hydroxyl groups excluding tert-OH is 1. The number of rotatable bonds is 16. The summed E-state index contributed by atoms with van der Waals surface area (Å²) < 4.78 is 11.0. The number of Topliss-reactive ketones (excluding diaryl/α,β-unsaturated/α-hetero) is 2. The van der Waals surface area contributed by atoms with Crippen LogP contribution in [0.1, 0.15) is 45.7 Å². The smallest absolute Gasteiger partial charge is 0.415 e. The van der Waals surface area contributed by atoms with Crippen LogP contribution in [-0.2, 0) is 32.0 Å². The molecule has 4 aromatic carbocycles. The summed E-state index contributed by atoms with van der Waals surface area (Å²) in [5, 5.41) is 16.3. The van der Waals surface area contributed by atoms with Gasteiger partial charge in [0.2, 0.25) is 6.10 Å². The summed E-state index contributed by atoms with van der Waals surface area (Å²) >= 11 is 0. The van der Waals surface area contributed by atoms with Crippen LogP contribution < -0.4 is 20.5 Å². The van der Waals surface area contributed by atoms with E-state index in [2.05, 4.69) is 15.7 Å². The van der Waals surface area contributed by atoms with Crippen LogP contribution in [0.3, 0.4) is 0 Å². The number of nitrogens with one attached hydrogen (secondary N) is 2. The van der Waals surface area contributed by atoms with E-state index in [9.17, 15) is 33.9 Å². The average molecular weight is 825 g/mol. The van der Waals surface area contributed by atoms with Crippen LogP contribution in [0, 0.1) is 0 Å². The summed E-state index contributed by atoms with van der Waals surface area (Å²) in [6.07, 6.45) is -3.44. The zero-order valence-electron chi connectivity index (χ0n) is 33.5. The van der Waals surface area contributed by atoms with E-state index >= 15 is 0 Å². The van der Waals surface area contributed by atoms with Gasteiger partial charge in [0.15, 0.2) is 17.7 Å². The maximum atomic E-state index is 13.9. The Labute approximate surface area is 351 Å². The maximum absolute atomic E-state index is 13.9. The standard InChI is InChI=1S/C46H44N6O9/c1-29(53)34-12-8-14-36(23-34)51-27-41(60-45(51)58)43(56)48-39(22-31-10-4-3-5-11-31)40(55)26-50(25-32-17-19-33(20-18-32)38-16-6-7-21-47-38)49-44(57)42-28-52(46(59)61-42)37-15-9-13-35(24-37)30(2)54/h3-21,23-24,39-42,55H,22,25-28H2,1-2H3,(H,48,56)(H,49,57)/t39-,40-,41-,42-/m0/s1. The molecule has 4 amide bonds. The zero-order valence-corrected chi connectivity index (χ0v) is 33.5. The van der Waals surface area contributed by atoms with Crippen molar-refractivity contribution in [3.8, 4) is 11.3 Å². The van der Waals surface area contributed by atoms with Crippen molar-refractivity contribution in [2.75, 3.05) is 29.4 Å². The van der Waals surface area contributed by atoms with Crippen LogP contribution in [0.2, 0.25) is 0 Å². The van der Waals surface area contributed by atoms with Crippen molar-refractivity contribution in [3.63, 3.8) is 0 Å². The number of hydrazine groups is 1. The van der Waals surface area contributed by atoms with Crippen LogP contribution in [0.15, 0.2) is 128 Å². The molecule has 15 heteroatoms. The van der Waals surface area contributed by atoms with Gasteiger partial charge in [-0.3, -0.25) is 39.4 Å². The highest BCUT2D eigenvalue weighted by Gasteiger charge is 2.40. The van der Waals surface area contributed by atoms with E-state index in [1.54, 1.807) is 54.7 Å². The van der Waals surface area contributed by atoms with Gasteiger partial charge in [0, 0.05) is 47.4 Å². The molecule has 15 nitrogen and oxygen atoms in total. The quantitative estimate of drug-likeness (QED) is 0.0885. The second-order valence-corrected chi connectivity index (χ2v) is 14.8. The number of nitrogens with zero attached hydrogens (tertiary/aromatic N) is 4. The molecule has 0 aliphatic carbocycles. The fraction of sp³-hybridized carbons (Fsp3) is 0.239. The first-order valence-corrected chi connectivity index (χ1v) is 19.7. The van der Waals surface area contributed by atoms with Gasteiger partial charge < -0.3 is 19.9 Å². The fourth-order valence-electron chi connectivity index (χ4n) is 7.10. The summed E-state index contributed by atoms with van der Waals surface area (Å²) in [6.45, 7) is 2.45. The third-order valence-corrected chi connectivity index (χ3v) is 10.4. The molecule has 0 spiro atoms. The Morgan fingerprint density at radius 3 is 1.85 bits per heavy atom. The predicted octanol–water partition coefficient (Wildman–Crippen LogP) is 5.13. The van der Waals surface area contributed by atoms with Gasteiger partial charge in [-0.2, -0.15) is 0 Å². The molecule has 1 aromatic heterocycles. The van der Waals surface area contributed by atoms with Gasteiger partial charge in [-0.25, -0.2) is 14.6 Å². The number of amides is 4. The Kier molecular flexibility index (Phi) is 12.9. The van der Waals surface area contributed by atoms with Crippen molar-refractivity contribution in [2.24, 2.45) is 0 Å². The monoisotopic (exact) mass is 824 g/mol. The highest BCUT2D eigenvalue weighted by atomic mass is 16.6. The second-order valence-electron chi connectivity index (χ2n) is 14.8. The minimum absolute atomic E-state index is 0.0941. The van der Waals surface area contributed by atoms with Gasteiger partial charge in [-0.15, -0.1) is 0 Å². The first-order chi connectivity index (χ1) is 29.4.